The van der Waals surface area contributed by atoms with E-state index in [4.69, 9.17) is 10.5 Å². The van der Waals surface area contributed by atoms with Crippen molar-refractivity contribution in [2.24, 2.45) is 5.73 Å². The SMILES string of the molecule is NC1(c2ccc(=O)[nH]c2)COC1. The quantitative estimate of drug-likeness (QED) is 0.594. The van der Waals surface area contributed by atoms with Gasteiger partial charge in [-0.25, -0.2) is 0 Å². The van der Waals surface area contributed by atoms with Gasteiger partial charge in [-0.15, -0.1) is 0 Å². The zero-order chi connectivity index (χ0) is 8.60. The van der Waals surface area contributed by atoms with E-state index < -0.39 is 0 Å². The van der Waals surface area contributed by atoms with Gasteiger partial charge in [-0.05, 0) is 5.56 Å². The van der Waals surface area contributed by atoms with Crippen molar-refractivity contribution in [1.82, 2.24) is 4.98 Å². The number of hydrogen-bond donors (Lipinski definition) is 2. The van der Waals surface area contributed by atoms with Gasteiger partial charge < -0.3 is 15.5 Å². The van der Waals surface area contributed by atoms with Gasteiger partial charge in [0.2, 0.25) is 5.56 Å². The first-order chi connectivity index (χ1) is 5.71. The first-order valence-corrected chi connectivity index (χ1v) is 3.77. The largest absolute Gasteiger partial charge is 0.377 e. The second-order valence-electron chi connectivity index (χ2n) is 3.09. The van der Waals surface area contributed by atoms with Crippen LogP contribution in [0.1, 0.15) is 5.56 Å². The Balaban J connectivity index is 2.34. The summed E-state index contributed by atoms with van der Waals surface area (Å²) in [7, 11) is 0. The summed E-state index contributed by atoms with van der Waals surface area (Å²) in [6.45, 7) is 1.05. The molecule has 0 amide bonds. The van der Waals surface area contributed by atoms with Crippen LogP contribution in [0.2, 0.25) is 0 Å². The molecule has 0 aliphatic carbocycles. The molecule has 1 aromatic rings. The molecule has 1 fully saturated rings. The minimum absolute atomic E-state index is 0.109. The van der Waals surface area contributed by atoms with E-state index >= 15 is 0 Å². The van der Waals surface area contributed by atoms with Gasteiger partial charge in [-0.1, -0.05) is 6.07 Å². The molecule has 4 heteroatoms. The van der Waals surface area contributed by atoms with Crippen LogP contribution in [-0.4, -0.2) is 18.2 Å². The minimum Gasteiger partial charge on any atom is -0.377 e. The van der Waals surface area contributed by atoms with Crippen molar-refractivity contribution in [3.8, 4) is 0 Å². The first kappa shape index (κ1) is 7.52. The second kappa shape index (κ2) is 2.43. The van der Waals surface area contributed by atoms with Crippen molar-refractivity contribution < 1.29 is 4.74 Å². The van der Waals surface area contributed by atoms with Gasteiger partial charge in [0, 0.05) is 12.3 Å². The molecule has 0 unspecified atom stereocenters. The van der Waals surface area contributed by atoms with Crippen molar-refractivity contribution in [1.29, 1.82) is 0 Å². The fraction of sp³-hybridized carbons (Fsp3) is 0.375. The van der Waals surface area contributed by atoms with Crippen molar-refractivity contribution >= 4 is 0 Å². The third-order valence-corrected chi connectivity index (χ3v) is 2.08. The van der Waals surface area contributed by atoms with Crippen LogP contribution in [0, 0.1) is 0 Å². The minimum atomic E-state index is -0.385. The van der Waals surface area contributed by atoms with E-state index in [1.54, 1.807) is 12.3 Å². The van der Waals surface area contributed by atoms with Gasteiger partial charge in [0.05, 0.1) is 18.8 Å². The van der Waals surface area contributed by atoms with Gasteiger partial charge in [0.25, 0.3) is 0 Å². The van der Waals surface area contributed by atoms with Crippen LogP contribution in [-0.2, 0) is 10.3 Å². The lowest BCUT2D eigenvalue weighted by molar-refractivity contribution is -0.0570. The molecule has 0 spiro atoms. The third-order valence-electron chi connectivity index (χ3n) is 2.08. The highest BCUT2D eigenvalue weighted by Gasteiger charge is 2.35. The first-order valence-electron chi connectivity index (χ1n) is 3.77. The summed E-state index contributed by atoms with van der Waals surface area (Å²) >= 11 is 0. The molecule has 0 saturated carbocycles. The summed E-state index contributed by atoms with van der Waals surface area (Å²) in [4.78, 5) is 13.3. The average Bonchev–Trinajstić information content (AvgIpc) is 2.02. The smallest absolute Gasteiger partial charge is 0.247 e. The van der Waals surface area contributed by atoms with Crippen molar-refractivity contribution in [2.45, 2.75) is 5.54 Å². The van der Waals surface area contributed by atoms with Crippen LogP contribution in [0.15, 0.2) is 23.1 Å². The maximum Gasteiger partial charge on any atom is 0.247 e. The predicted molar refractivity (Wildman–Crippen MR) is 43.7 cm³/mol. The van der Waals surface area contributed by atoms with E-state index in [1.807, 2.05) is 0 Å². The number of ether oxygens (including phenoxy) is 1. The monoisotopic (exact) mass is 166 g/mol. The molecule has 1 aliphatic rings. The molecule has 1 saturated heterocycles. The number of hydrogen-bond acceptors (Lipinski definition) is 3. The van der Waals surface area contributed by atoms with E-state index in [2.05, 4.69) is 4.98 Å². The molecule has 0 aromatic carbocycles. The van der Waals surface area contributed by atoms with Crippen LogP contribution in [0.4, 0.5) is 0 Å². The van der Waals surface area contributed by atoms with Gasteiger partial charge in [0.15, 0.2) is 0 Å². The molecule has 0 radical (unpaired) electrons. The van der Waals surface area contributed by atoms with Gasteiger partial charge >= 0.3 is 0 Å². The predicted octanol–water partition coefficient (Wildman–Crippen LogP) is -0.441. The lowest BCUT2D eigenvalue weighted by atomic mass is 9.91. The molecule has 1 aromatic heterocycles. The molecule has 0 atom stereocenters. The summed E-state index contributed by atoms with van der Waals surface area (Å²) in [5.41, 5.74) is 6.36. The van der Waals surface area contributed by atoms with Crippen LogP contribution >= 0.6 is 0 Å². The van der Waals surface area contributed by atoms with E-state index in [9.17, 15) is 4.79 Å². The Morgan fingerprint density at radius 2 is 2.25 bits per heavy atom. The van der Waals surface area contributed by atoms with Crippen LogP contribution in [0.3, 0.4) is 0 Å². The normalized spacial score (nSPS) is 20.1. The number of pyridine rings is 1. The summed E-state index contributed by atoms with van der Waals surface area (Å²) in [6.07, 6.45) is 1.64. The molecule has 12 heavy (non-hydrogen) atoms. The fourth-order valence-electron chi connectivity index (χ4n) is 1.21. The molecule has 2 heterocycles. The highest BCUT2D eigenvalue weighted by atomic mass is 16.5. The molecule has 4 nitrogen and oxygen atoms in total. The third kappa shape index (κ3) is 1.05. The number of nitrogens with two attached hydrogens (primary N) is 1. The Kier molecular flexibility index (Phi) is 1.52. The summed E-state index contributed by atoms with van der Waals surface area (Å²) in [6, 6.07) is 3.21. The summed E-state index contributed by atoms with van der Waals surface area (Å²) in [5.74, 6) is 0. The van der Waals surface area contributed by atoms with Crippen molar-refractivity contribution in [2.75, 3.05) is 13.2 Å². The number of H-pyrrole nitrogens is 1. The fourth-order valence-corrected chi connectivity index (χ4v) is 1.21. The molecule has 3 N–H and O–H groups in total. The maximum atomic E-state index is 10.7. The standard InChI is InChI=1S/C8H10N2O2/c9-8(4-12-5-8)6-1-2-7(11)10-3-6/h1-3H,4-5,9H2,(H,10,11). The van der Waals surface area contributed by atoms with E-state index in [0.29, 0.717) is 13.2 Å². The Morgan fingerprint density at radius 3 is 2.67 bits per heavy atom. The van der Waals surface area contributed by atoms with Crippen molar-refractivity contribution in [3.05, 3.63) is 34.2 Å². The van der Waals surface area contributed by atoms with E-state index in [0.717, 1.165) is 5.56 Å². The highest BCUT2D eigenvalue weighted by molar-refractivity contribution is 5.22. The Labute approximate surface area is 69.4 Å². The summed E-state index contributed by atoms with van der Waals surface area (Å²) in [5, 5.41) is 0. The van der Waals surface area contributed by atoms with Crippen molar-refractivity contribution in [3.63, 3.8) is 0 Å². The Bertz CT molecular complexity index is 321. The zero-order valence-electron chi connectivity index (χ0n) is 6.54. The molecule has 1 aliphatic heterocycles. The molecule has 64 valence electrons. The summed E-state index contributed by atoms with van der Waals surface area (Å²) < 4.78 is 5.01. The lowest BCUT2D eigenvalue weighted by Gasteiger charge is -2.37. The van der Waals surface area contributed by atoms with Gasteiger partial charge in [-0.2, -0.15) is 0 Å². The number of aromatic amines is 1. The number of aromatic nitrogens is 1. The topological polar surface area (TPSA) is 68.1 Å². The van der Waals surface area contributed by atoms with Crippen LogP contribution in [0.25, 0.3) is 0 Å². The second-order valence-corrected chi connectivity index (χ2v) is 3.09. The Hall–Kier alpha value is -1.13. The average molecular weight is 166 g/mol. The lowest BCUT2D eigenvalue weighted by Crippen LogP contribution is -2.54. The number of nitrogens with one attached hydrogen (secondary N) is 1. The number of rotatable bonds is 1. The van der Waals surface area contributed by atoms with Gasteiger partial charge in [0.1, 0.15) is 0 Å². The molecular weight excluding hydrogens is 156 g/mol. The molecule has 2 rings (SSSR count). The van der Waals surface area contributed by atoms with E-state index in [1.165, 1.54) is 6.07 Å². The zero-order valence-corrected chi connectivity index (χ0v) is 6.54. The molecule has 0 bridgehead atoms. The van der Waals surface area contributed by atoms with Crippen LogP contribution < -0.4 is 11.3 Å². The Morgan fingerprint density at radius 1 is 1.50 bits per heavy atom. The van der Waals surface area contributed by atoms with Crippen LogP contribution in [0.5, 0.6) is 0 Å². The molecular formula is C8H10N2O2. The maximum absolute atomic E-state index is 10.7. The van der Waals surface area contributed by atoms with E-state index in [-0.39, 0.29) is 11.1 Å². The highest BCUT2D eigenvalue weighted by Crippen LogP contribution is 2.24. The van der Waals surface area contributed by atoms with Gasteiger partial charge in [-0.3, -0.25) is 4.79 Å².